The van der Waals surface area contributed by atoms with Crippen molar-refractivity contribution in [2.24, 2.45) is 0 Å². The minimum atomic E-state index is -1.63. The molecule has 20 nitrogen and oxygen atoms in total. The highest BCUT2D eigenvalue weighted by Gasteiger charge is 2.40. The van der Waals surface area contributed by atoms with Crippen LogP contribution in [0.2, 0.25) is 10.0 Å². The molecule has 4 heterocycles. The second-order valence-corrected chi connectivity index (χ2v) is 20.3. The molecule has 4 amide bonds. The SMILES string of the molecule is COc1cc(N)c(Cl)cc1C(=O)N(OC(=O)C(=O)ON(C(=O)c1cc(Cl)c(N)cc1OC)C1CCN(CCC(=O)N2CCN(c3ccccc3F)CC2)CC1)C1CCN(CCC(=O)N2CCN(c3ccccc3F)CC2)CC1. The Labute approximate surface area is 461 Å². The fourth-order valence-electron chi connectivity index (χ4n) is 10.3. The van der Waals surface area contributed by atoms with Crippen LogP contribution in [-0.2, 0) is 28.9 Å². The number of amides is 4. The van der Waals surface area contributed by atoms with Gasteiger partial charge in [-0.3, -0.25) is 19.2 Å². The second kappa shape index (κ2) is 26.0. The molecule has 0 aromatic heterocycles. The minimum Gasteiger partial charge on any atom is -0.496 e. The Kier molecular flexibility index (Phi) is 19.0. The first-order valence-corrected chi connectivity index (χ1v) is 26.7. The summed E-state index contributed by atoms with van der Waals surface area (Å²) in [5.74, 6) is -5.72. The first kappa shape index (κ1) is 57.0. The summed E-state index contributed by atoms with van der Waals surface area (Å²) in [6, 6.07) is 16.7. The van der Waals surface area contributed by atoms with Crippen LogP contribution in [0.1, 0.15) is 59.2 Å². The second-order valence-electron chi connectivity index (χ2n) is 19.5. The molecule has 0 saturated carbocycles. The lowest BCUT2D eigenvalue weighted by atomic mass is 10.0. The number of halogens is 4. The predicted octanol–water partition coefficient (Wildman–Crippen LogP) is 5.36. The molecule has 4 fully saturated rings. The van der Waals surface area contributed by atoms with Crippen LogP contribution in [0.4, 0.5) is 31.5 Å². The Hall–Kier alpha value is -7.14. The van der Waals surface area contributed by atoms with E-state index in [2.05, 4.69) is 0 Å². The first-order valence-electron chi connectivity index (χ1n) is 25.9. The minimum absolute atomic E-state index is 0.0132. The average Bonchev–Trinajstić information content (AvgIpc) is 3.52. The lowest BCUT2D eigenvalue weighted by Gasteiger charge is -2.38. The number of piperazine rings is 2. The van der Waals surface area contributed by atoms with Crippen LogP contribution in [0.5, 0.6) is 11.5 Å². The summed E-state index contributed by atoms with van der Waals surface area (Å²) < 4.78 is 39.8. The highest BCUT2D eigenvalue weighted by atomic mass is 35.5. The van der Waals surface area contributed by atoms with Crippen LogP contribution in [0.3, 0.4) is 0 Å². The number of carbonyl (C=O) groups excluding carboxylic acids is 6. The van der Waals surface area contributed by atoms with Crippen molar-refractivity contribution in [2.75, 3.05) is 127 Å². The topological polar surface area (TPSA) is 217 Å². The van der Waals surface area contributed by atoms with Gasteiger partial charge in [-0.15, -0.1) is 0 Å². The fraction of sp³-hybridized carbons (Fsp3) is 0.444. The van der Waals surface area contributed by atoms with E-state index in [-0.39, 0.29) is 106 Å². The Bertz CT molecular complexity index is 2650. The van der Waals surface area contributed by atoms with Crippen LogP contribution in [0, 0.1) is 11.6 Å². The number of hydroxylamine groups is 4. The zero-order valence-corrected chi connectivity index (χ0v) is 45.1. The third-order valence-corrected chi connectivity index (χ3v) is 15.4. The van der Waals surface area contributed by atoms with Gasteiger partial charge < -0.3 is 60.0 Å². The largest absolute Gasteiger partial charge is 0.496 e. The van der Waals surface area contributed by atoms with Gasteiger partial charge in [-0.05, 0) is 62.1 Å². The standard InChI is InChI=1S/C54H64Cl2F2N10O10/c1-75-47-33-43(59)39(55)31-37(47)51(71)67(35-11-17-61(18-12-35)21-15-49(69)65-27-23-63(24-28-65)45-9-5-3-7-41(45)57)77-53(73)54(74)78-68(52(72)38-32-40(56)44(60)34-48(38)76-2)36-13-19-62(20-14-36)22-16-50(70)66-29-25-64(26-30-66)46-10-6-4-8-42(46)58/h3-10,31-36H,11-30,59-60H2,1-2H3. The number of nitrogens with two attached hydrogens (primary N) is 2. The molecule has 4 saturated heterocycles. The Morgan fingerprint density at radius 1 is 0.538 bits per heavy atom. The summed E-state index contributed by atoms with van der Waals surface area (Å²) in [4.78, 5) is 107. The van der Waals surface area contributed by atoms with Gasteiger partial charge in [-0.2, -0.15) is 10.1 Å². The molecule has 4 aliphatic rings. The molecule has 4 N–H and O–H groups in total. The normalized spacial score (nSPS) is 16.8. The van der Waals surface area contributed by atoms with Gasteiger partial charge in [0.1, 0.15) is 23.1 Å². The average molecular weight is 1120 g/mol. The van der Waals surface area contributed by atoms with E-state index in [1.165, 1.54) is 50.6 Å². The Morgan fingerprint density at radius 3 is 1.22 bits per heavy atom. The molecule has 4 aromatic carbocycles. The molecule has 0 spiro atoms. The molecule has 8 rings (SSSR count). The number of ether oxygens (including phenoxy) is 2. The molecule has 4 aromatic rings. The maximum Gasteiger partial charge on any atom is 0.444 e. The first-order chi connectivity index (χ1) is 37.5. The van der Waals surface area contributed by atoms with E-state index >= 15 is 0 Å². The number of para-hydroxylation sites is 2. The van der Waals surface area contributed by atoms with E-state index in [4.69, 9.17) is 53.8 Å². The van der Waals surface area contributed by atoms with E-state index in [0.717, 1.165) is 10.1 Å². The molecular formula is C54H64Cl2F2N10O10. The van der Waals surface area contributed by atoms with Crippen molar-refractivity contribution in [1.29, 1.82) is 0 Å². The van der Waals surface area contributed by atoms with Gasteiger partial charge in [0.25, 0.3) is 11.8 Å². The molecule has 0 radical (unpaired) electrons. The van der Waals surface area contributed by atoms with Crippen molar-refractivity contribution < 1.29 is 56.7 Å². The zero-order chi connectivity index (χ0) is 55.6. The summed E-state index contributed by atoms with van der Waals surface area (Å²) in [5, 5.41) is 1.59. The number of rotatable bonds is 14. The predicted molar refractivity (Wildman–Crippen MR) is 288 cm³/mol. The van der Waals surface area contributed by atoms with Gasteiger partial charge in [-0.25, -0.2) is 18.4 Å². The number of hydrogen-bond acceptors (Lipinski definition) is 16. The monoisotopic (exact) mass is 1120 g/mol. The number of nitrogens with zero attached hydrogens (tertiary/aromatic N) is 8. The zero-order valence-electron chi connectivity index (χ0n) is 43.6. The third-order valence-electron chi connectivity index (χ3n) is 14.7. The quantitative estimate of drug-likeness (QED) is 0.0923. The number of anilines is 4. The lowest BCUT2D eigenvalue weighted by molar-refractivity contribution is -0.215. The molecule has 0 unspecified atom stereocenters. The molecular weight excluding hydrogens is 1060 g/mol. The van der Waals surface area contributed by atoms with Crippen molar-refractivity contribution >= 4 is 81.5 Å². The van der Waals surface area contributed by atoms with Crippen LogP contribution in [-0.4, -0.2) is 183 Å². The van der Waals surface area contributed by atoms with E-state index in [9.17, 15) is 37.5 Å². The van der Waals surface area contributed by atoms with Crippen molar-refractivity contribution in [2.45, 2.75) is 50.6 Å². The van der Waals surface area contributed by atoms with Crippen LogP contribution in [0.25, 0.3) is 0 Å². The van der Waals surface area contributed by atoms with E-state index in [0.29, 0.717) is 103 Å². The molecule has 24 heteroatoms. The molecule has 4 aliphatic heterocycles. The van der Waals surface area contributed by atoms with E-state index in [1.807, 2.05) is 19.6 Å². The third kappa shape index (κ3) is 13.6. The van der Waals surface area contributed by atoms with Gasteiger partial charge in [-0.1, -0.05) is 47.5 Å². The van der Waals surface area contributed by atoms with Crippen LogP contribution < -0.4 is 30.7 Å². The summed E-state index contributed by atoms with van der Waals surface area (Å²) in [6.45, 7) is 6.04. The van der Waals surface area contributed by atoms with Gasteiger partial charge in [0.05, 0.1) is 70.2 Å². The maximum atomic E-state index is 14.5. The highest BCUT2D eigenvalue weighted by molar-refractivity contribution is 6.34. The van der Waals surface area contributed by atoms with Gasteiger partial charge in [0.15, 0.2) is 0 Å². The number of carbonyl (C=O) groups is 6. The molecule has 418 valence electrons. The summed E-state index contributed by atoms with van der Waals surface area (Å²) >= 11 is 12.8. The lowest BCUT2D eigenvalue weighted by Crippen LogP contribution is -2.52. The maximum absolute atomic E-state index is 14.5. The van der Waals surface area contributed by atoms with E-state index < -0.39 is 35.8 Å². The number of likely N-dealkylation sites (tertiary alicyclic amines) is 2. The van der Waals surface area contributed by atoms with Crippen LogP contribution in [0.15, 0.2) is 72.8 Å². The smallest absolute Gasteiger partial charge is 0.444 e. The number of nitrogen functional groups attached to an aromatic ring is 2. The van der Waals surface area contributed by atoms with Crippen LogP contribution >= 0.6 is 23.2 Å². The van der Waals surface area contributed by atoms with Crippen molar-refractivity contribution in [1.82, 2.24) is 29.7 Å². The van der Waals surface area contributed by atoms with E-state index in [1.54, 1.807) is 46.2 Å². The summed E-state index contributed by atoms with van der Waals surface area (Å²) in [5.41, 5.74) is 13.0. The van der Waals surface area contributed by atoms with Crippen molar-refractivity contribution in [3.05, 3.63) is 106 Å². The van der Waals surface area contributed by atoms with Crippen molar-refractivity contribution in [3.8, 4) is 11.5 Å². The van der Waals surface area contributed by atoms with Gasteiger partial charge in [0, 0.05) is 117 Å². The number of hydrogen-bond donors (Lipinski definition) is 2. The van der Waals surface area contributed by atoms with Crippen molar-refractivity contribution in [3.63, 3.8) is 0 Å². The fourth-order valence-corrected chi connectivity index (χ4v) is 10.6. The number of methoxy groups -OCH3 is 2. The summed E-state index contributed by atoms with van der Waals surface area (Å²) in [6.07, 6.45) is 1.41. The van der Waals surface area contributed by atoms with Gasteiger partial charge in [0.2, 0.25) is 11.8 Å². The molecule has 0 bridgehead atoms. The summed E-state index contributed by atoms with van der Waals surface area (Å²) in [7, 11) is 2.63. The molecule has 78 heavy (non-hydrogen) atoms. The Morgan fingerprint density at radius 2 is 0.885 bits per heavy atom. The Balaban J connectivity index is 0.914. The molecule has 0 atom stereocenters. The van der Waals surface area contributed by atoms with Gasteiger partial charge >= 0.3 is 11.9 Å². The highest BCUT2D eigenvalue weighted by Crippen LogP contribution is 2.34. The number of benzene rings is 4. The molecule has 0 aliphatic carbocycles. The number of piperidine rings is 2.